The Labute approximate surface area is 175 Å². The van der Waals surface area contributed by atoms with E-state index in [9.17, 15) is 4.79 Å². The van der Waals surface area contributed by atoms with Crippen molar-refractivity contribution in [3.63, 3.8) is 0 Å². The number of nitrogens with one attached hydrogen (secondary N) is 1. The summed E-state index contributed by atoms with van der Waals surface area (Å²) in [7, 11) is 0. The van der Waals surface area contributed by atoms with E-state index >= 15 is 0 Å². The van der Waals surface area contributed by atoms with Gasteiger partial charge in [0, 0.05) is 34.9 Å². The molecule has 0 saturated carbocycles. The Kier molecular flexibility index (Phi) is 4.78. The maximum atomic E-state index is 12.9. The molecule has 0 atom stereocenters. The second kappa shape index (κ2) is 7.88. The molecule has 3 nitrogen and oxygen atoms in total. The lowest BCUT2D eigenvalue weighted by Crippen LogP contribution is -2.16. The van der Waals surface area contributed by atoms with Crippen molar-refractivity contribution in [3.8, 4) is 0 Å². The number of fused-ring (bicyclic) bond motifs is 3. The Balaban J connectivity index is 1.40. The Morgan fingerprint density at radius 3 is 2.00 bits per heavy atom. The minimum absolute atomic E-state index is 0.00216. The van der Waals surface area contributed by atoms with Crippen LogP contribution >= 0.6 is 0 Å². The van der Waals surface area contributed by atoms with E-state index in [2.05, 4.69) is 29.6 Å². The number of carbonyl (C=O) groups excluding carboxylic acids is 1. The smallest absolute Gasteiger partial charge is 0.225 e. The molecule has 5 rings (SSSR count). The van der Waals surface area contributed by atoms with Crippen LogP contribution in [0.5, 0.6) is 0 Å². The van der Waals surface area contributed by atoms with Gasteiger partial charge in [-0.3, -0.25) is 4.79 Å². The van der Waals surface area contributed by atoms with Crippen LogP contribution in [0, 0.1) is 0 Å². The zero-order valence-corrected chi connectivity index (χ0v) is 16.4. The number of amides is 1. The van der Waals surface area contributed by atoms with Gasteiger partial charge < -0.3 is 9.73 Å². The molecular formula is C27H21NO2. The normalized spacial score (nSPS) is 11.2. The molecule has 146 valence electrons. The van der Waals surface area contributed by atoms with Gasteiger partial charge in [-0.2, -0.15) is 0 Å². The molecule has 1 heterocycles. The maximum Gasteiger partial charge on any atom is 0.225 e. The Morgan fingerprint density at radius 1 is 0.700 bits per heavy atom. The van der Waals surface area contributed by atoms with Gasteiger partial charge >= 0.3 is 0 Å². The third-order valence-corrected chi connectivity index (χ3v) is 5.46. The summed E-state index contributed by atoms with van der Waals surface area (Å²) in [6, 6.07) is 34.1. The molecule has 1 N–H and O–H groups in total. The highest BCUT2D eigenvalue weighted by atomic mass is 16.3. The number of rotatable bonds is 5. The van der Waals surface area contributed by atoms with E-state index in [4.69, 9.17) is 4.42 Å². The highest BCUT2D eigenvalue weighted by Crippen LogP contribution is 2.31. The summed E-state index contributed by atoms with van der Waals surface area (Å²) in [4.78, 5) is 12.9. The Morgan fingerprint density at radius 2 is 1.30 bits per heavy atom. The zero-order valence-electron chi connectivity index (χ0n) is 16.4. The molecule has 0 aliphatic carbocycles. The molecule has 0 aliphatic rings. The number of furan rings is 1. The van der Waals surface area contributed by atoms with Crippen LogP contribution in [0.15, 0.2) is 108 Å². The summed E-state index contributed by atoms with van der Waals surface area (Å²) in [6.07, 6.45) is 0.367. The molecule has 0 bridgehead atoms. The monoisotopic (exact) mass is 391 g/mol. The average Bonchev–Trinajstić information content (AvgIpc) is 3.16. The van der Waals surface area contributed by atoms with Crippen molar-refractivity contribution in [3.05, 3.63) is 114 Å². The maximum absolute atomic E-state index is 12.9. The molecule has 0 spiro atoms. The number of para-hydroxylation sites is 1. The predicted molar refractivity (Wildman–Crippen MR) is 122 cm³/mol. The van der Waals surface area contributed by atoms with Crippen LogP contribution in [0.2, 0.25) is 0 Å². The van der Waals surface area contributed by atoms with E-state index in [-0.39, 0.29) is 11.8 Å². The number of benzene rings is 4. The van der Waals surface area contributed by atoms with E-state index in [0.29, 0.717) is 6.42 Å². The highest BCUT2D eigenvalue weighted by molar-refractivity contribution is 6.06. The van der Waals surface area contributed by atoms with Crippen LogP contribution in [0.1, 0.15) is 23.5 Å². The fraction of sp³-hybridized carbons (Fsp3) is 0.0741. The van der Waals surface area contributed by atoms with Crippen LogP contribution < -0.4 is 5.32 Å². The summed E-state index contributed by atoms with van der Waals surface area (Å²) < 4.78 is 5.94. The predicted octanol–water partition coefficient (Wildman–Crippen LogP) is 6.75. The first-order chi connectivity index (χ1) is 14.8. The number of hydrogen-bond acceptors (Lipinski definition) is 2. The summed E-state index contributed by atoms with van der Waals surface area (Å²) in [5.41, 5.74) is 4.63. The van der Waals surface area contributed by atoms with Crippen molar-refractivity contribution in [2.75, 3.05) is 5.32 Å². The number of anilines is 1. The second-order valence-electron chi connectivity index (χ2n) is 7.44. The molecular weight excluding hydrogens is 370 g/mol. The van der Waals surface area contributed by atoms with E-state index in [1.165, 1.54) is 0 Å². The lowest BCUT2D eigenvalue weighted by atomic mass is 9.88. The van der Waals surface area contributed by atoms with Crippen molar-refractivity contribution < 1.29 is 9.21 Å². The third kappa shape index (κ3) is 3.58. The van der Waals surface area contributed by atoms with Crippen LogP contribution in [-0.4, -0.2) is 5.91 Å². The van der Waals surface area contributed by atoms with Crippen molar-refractivity contribution >= 4 is 33.5 Å². The molecule has 4 aromatic carbocycles. The lowest BCUT2D eigenvalue weighted by Gasteiger charge is -2.18. The Hall–Kier alpha value is -3.85. The van der Waals surface area contributed by atoms with Gasteiger partial charge in [-0.05, 0) is 29.3 Å². The van der Waals surface area contributed by atoms with E-state index in [0.717, 1.165) is 38.8 Å². The molecule has 1 amide bonds. The van der Waals surface area contributed by atoms with Crippen LogP contribution in [-0.2, 0) is 4.79 Å². The SMILES string of the molecule is O=C(CC(c1ccccc1)c1ccccc1)Nc1ccc2c(c1)oc1ccccc12. The van der Waals surface area contributed by atoms with Gasteiger partial charge in [-0.1, -0.05) is 78.9 Å². The molecule has 0 radical (unpaired) electrons. The first-order valence-electron chi connectivity index (χ1n) is 10.1. The highest BCUT2D eigenvalue weighted by Gasteiger charge is 2.18. The van der Waals surface area contributed by atoms with Gasteiger partial charge in [0.25, 0.3) is 0 Å². The summed E-state index contributed by atoms with van der Waals surface area (Å²) in [6.45, 7) is 0. The summed E-state index contributed by atoms with van der Waals surface area (Å²) in [5, 5.41) is 5.18. The van der Waals surface area contributed by atoms with Crippen molar-refractivity contribution in [1.29, 1.82) is 0 Å². The fourth-order valence-electron chi connectivity index (χ4n) is 4.00. The van der Waals surface area contributed by atoms with Crippen molar-refractivity contribution in [2.24, 2.45) is 0 Å². The van der Waals surface area contributed by atoms with Gasteiger partial charge in [0.1, 0.15) is 11.2 Å². The number of hydrogen-bond donors (Lipinski definition) is 1. The molecule has 0 unspecified atom stereocenters. The molecule has 0 saturated heterocycles. The third-order valence-electron chi connectivity index (χ3n) is 5.46. The van der Waals surface area contributed by atoms with E-state index in [1.807, 2.05) is 78.9 Å². The molecule has 5 aromatic rings. The Bertz CT molecular complexity index is 1270. The number of carbonyl (C=O) groups is 1. The molecule has 3 heteroatoms. The molecule has 30 heavy (non-hydrogen) atoms. The van der Waals surface area contributed by atoms with Gasteiger partial charge in [0.15, 0.2) is 0 Å². The van der Waals surface area contributed by atoms with Crippen molar-refractivity contribution in [2.45, 2.75) is 12.3 Å². The van der Waals surface area contributed by atoms with Crippen LogP contribution in [0.4, 0.5) is 5.69 Å². The van der Waals surface area contributed by atoms with Gasteiger partial charge in [-0.25, -0.2) is 0 Å². The van der Waals surface area contributed by atoms with Gasteiger partial charge in [0.05, 0.1) is 0 Å². The van der Waals surface area contributed by atoms with Gasteiger partial charge in [0.2, 0.25) is 5.91 Å². The topological polar surface area (TPSA) is 42.2 Å². The van der Waals surface area contributed by atoms with Crippen molar-refractivity contribution in [1.82, 2.24) is 0 Å². The largest absolute Gasteiger partial charge is 0.456 e. The van der Waals surface area contributed by atoms with Crippen LogP contribution in [0.25, 0.3) is 21.9 Å². The zero-order chi connectivity index (χ0) is 20.3. The minimum Gasteiger partial charge on any atom is -0.456 e. The van der Waals surface area contributed by atoms with Crippen LogP contribution in [0.3, 0.4) is 0 Å². The average molecular weight is 391 g/mol. The molecule has 0 fully saturated rings. The summed E-state index contributed by atoms with van der Waals surface area (Å²) >= 11 is 0. The molecule has 1 aromatic heterocycles. The first kappa shape index (κ1) is 18.2. The first-order valence-corrected chi connectivity index (χ1v) is 10.1. The minimum atomic E-state index is -0.0248. The standard InChI is InChI=1S/C27H21NO2/c29-27(18-24(19-9-3-1-4-10-19)20-11-5-2-6-12-20)28-21-15-16-23-22-13-7-8-14-25(22)30-26(23)17-21/h1-17,24H,18H2,(H,28,29). The fourth-order valence-corrected chi connectivity index (χ4v) is 4.00. The lowest BCUT2D eigenvalue weighted by molar-refractivity contribution is -0.116. The molecule has 0 aliphatic heterocycles. The van der Waals surface area contributed by atoms with E-state index < -0.39 is 0 Å². The van der Waals surface area contributed by atoms with Gasteiger partial charge in [-0.15, -0.1) is 0 Å². The van der Waals surface area contributed by atoms with E-state index in [1.54, 1.807) is 0 Å². The quantitative estimate of drug-likeness (QED) is 0.360. The summed E-state index contributed by atoms with van der Waals surface area (Å²) in [5.74, 6) is -0.0227. The second-order valence-corrected chi connectivity index (χ2v) is 7.44.